The smallest absolute Gasteiger partial charge is 0.340 e. The van der Waals surface area contributed by atoms with Crippen LogP contribution in [0.2, 0.25) is 0 Å². The number of nitrogen functional groups attached to an aromatic ring is 1. The van der Waals surface area contributed by atoms with Gasteiger partial charge in [-0.15, -0.1) is 0 Å². The normalized spacial score (nSPS) is 18.1. The first kappa shape index (κ1) is 13.5. The second kappa shape index (κ2) is 5.79. The molecule has 0 spiro atoms. The Morgan fingerprint density at radius 2 is 2.16 bits per heavy atom. The molecule has 0 bridgehead atoms. The van der Waals surface area contributed by atoms with Crippen molar-refractivity contribution in [2.75, 3.05) is 33.2 Å². The monoisotopic (exact) mass is 267 g/mol. The van der Waals surface area contributed by atoms with Crippen molar-refractivity contribution >= 4 is 11.7 Å². The van der Waals surface area contributed by atoms with E-state index in [-0.39, 0.29) is 11.7 Å². The molecule has 1 atom stereocenters. The van der Waals surface area contributed by atoms with E-state index >= 15 is 0 Å². The van der Waals surface area contributed by atoms with Crippen molar-refractivity contribution in [1.82, 2.24) is 0 Å². The van der Waals surface area contributed by atoms with Crippen molar-refractivity contribution < 1.29 is 23.7 Å². The van der Waals surface area contributed by atoms with Crippen molar-refractivity contribution in [1.29, 1.82) is 0 Å². The average molecular weight is 267 g/mol. The van der Waals surface area contributed by atoms with Crippen molar-refractivity contribution in [3.63, 3.8) is 0 Å². The highest BCUT2D eigenvalue weighted by Gasteiger charge is 2.21. The van der Waals surface area contributed by atoms with Crippen LogP contribution in [-0.4, -0.2) is 39.5 Å². The highest BCUT2D eigenvalue weighted by atomic mass is 16.6. The topological polar surface area (TPSA) is 80.0 Å². The fourth-order valence-corrected chi connectivity index (χ4v) is 1.90. The fourth-order valence-electron chi connectivity index (χ4n) is 1.90. The van der Waals surface area contributed by atoms with Gasteiger partial charge in [-0.25, -0.2) is 4.79 Å². The molecule has 0 amide bonds. The summed E-state index contributed by atoms with van der Waals surface area (Å²) >= 11 is 0. The van der Waals surface area contributed by atoms with E-state index in [1.165, 1.54) is 14.2 Å². The summed E-state index contributed by atoms with van der Waals surface area (Å²) in [4.78, 5) is 11.6. The number of esters is 1. The van der Waals surface area contributed by atoms with Crippen LogP contribution in [0.25, 0.3) is 0 Å². The second-order valence-corrected chi connectivity index (χ2v) is 4.19. The van der Waals surface area contributed by atoms with Gasteiger partial charge in [0.2, 0.25) is 0 Å². The molecule has 1 saturated heterocycles. The van der Waals surface area contributed by atoms with Crippen LogP contribution in [0.3, 0.4) is 0 Å². The van der Waals surface area contributed by atoms with Crippen molar-refractivity contribution in [2.45, 2.75) is 12.5 Å². The van der Waals surface area contributed by atoms with Crippen LogP contribution in [0, 0.1) is 0 Å². The molecule has 1 aliphatic heterocycles. The second-order valence-electron chi connectivity index (χ2n) is 4.19. The van der Waals surface area contributed by atoms with Crippen LogP contribution < -0.4 is 15.2 Å². The molecule has 1 unspecified atom stereocenters. The van der Waals surface area contributed by atoms with E-state index in [0.717, 1.165) is 6.42 Å². The van der Waals surface area contributed by atoms with Gasteiger partial charge in [-0.1, -0.05) is 0 Å². The minimum atomic E-state index is -0.507. The van der Waals surface area contributed by atoms with Gasteiger partial charge in [-0.3, -0.25) is 0 Å². The maximum absolute atomic E-state index is 11.6. The third-order valence-electron chi connectivity index (χ3n) is 2.92. The number of hydrogen-bond donors (Lipinski definition) is 1. The van der Waals surface area contributed by atoms with E-state index in [1.54, 1.807) is 12.1 Å². The van der Waals surface area contributed by atoms with E-state index in [4.69, 9.17) is 19.9 Å². The molecule has 2 rings (SSSR count). The van der Waals surface area contributed by atoms with Crippen LogP contribution in [-0.2, 0) is 9.47 Å². The van der Waals surface area contributed by atoms with Gasteiger partial charge < -0.3 is 24.7 Å². The summed E-state index contributed by atoms with van der Waals surface area (Å²) in [6.07, 6.45) is 0.768. The zero-order valence-corrected chi connectivity index (χ0v) is 11.0. The lowest BCUT2D eigenvalue weighted by molar-refractivity contribution is 0.0601. The predicted molar refractivity (Wildman–Crippen MR) is 68.6 cm³/mol. The number of ether oxygens (including phenoxy) is 4. The SMILES string of the molecule is COC(=O)c1cc(OC2CCOC2)c(OC)cc1N. The fraction of sp³-hybridized carbons (Fsp3) is 0.462. The minimum absolute atomic E-state index is 0.0389. The first-order valence-corrected chi connectivity index (χ1v) is 5.96. The van der Waals surface area contributed by atoms with Gasteiger partial charge in [0, 0.05) is 18.6 Å². The Morgan fingerprint density at radius 1 is 1.37 bits per heavy atom. The van der Waals surface area contributed by atoms with Gasteiger partial charge in [-0.05, 0) is 0 Å². The van der Waals surface area contributed by atoms with E-state index in [2.05, 4.69) is 4.74 Å². The third kappa shape index (κ3) is 2.90. The molecule has 19 heavy (non-hydrogen) atoms. The lowest BCUT2D eigenvalue weighted by Gasteiger charge is -2.16. The molecule has 6 nitrogen and oxygen atoms in total. The molecule has 0 saturated carbocycles. The maximum Gasteiger partial charge on any atom is 0.340 e. The Hall–Kier alpha value is -1.95. The number of nitrogens with two attached hydrogens (primary N) is 1. The summed E-state index contributed by atoms with van der Waals surface area (Å²) in [7, 11) is 2.82. The molecule has 1 aliphatic rings. The molecule has 1 heterocycles. The molecule has 1 aromatic carbocycles. The van der Waals surface area contributed by atoms with Crippen LogP contribution >= 0.6 is 0 Å². The van der Waals surface area contributed by atoms with Gasteiger partial charge in [0.05, 0.1) is 38.7 Å². The number of carbonyl (C=O) groups is 1. The molecule has 1 fully saturated rings. The third-order valence-corrected chi connectivity index (χ3v) is 2.92. The summed E-state index contributed by atoms with van der Waals surface area (Å²) in [6, 6.07) is 3.09. The Labute approximate surface area is 111 Å². The quantitative estimate of drug-likeness (QED) is 0.653. The Morgan fingerprint density at radius 3 is 2.74 bits per heavy atom. The lowest BCUT2D eigenvalue weighted by Crippen LogP contribution is -2.17. The van der Waals surface area contributed by atoms with Crippen LogP contribution in [0.1, 0.15) is 16.8 Å². The van der Waals surface area contributed by atoms with Gasteiger partial charge in [-0.2, -0.15) is 0 Å². The molecule has 2 N–H and O–H groups in total. The summed E-state index contributed by atoms with van der Waals surface area (Å²) in [5, 5.41) is 0. The summed E-state index contributed by atoms with van der Waals surface area (Å²) < 4.78 is 20.9. The number of hydrogen-bond acceptors (Lipinski definition) is 6. The molecule has 1 aromatic rings. The minimum Gasteiger partial charge on any atom is -0.493 e. The van der Waals surface area contributed by atoms with Gasteiger partial charge in [0.25, 0.3) is 0 Å². The summed E-state index contributed by atoms with van der Waals surface area (Å²) in [6.45, 7) is 1.20. The number of benzene rings is 1. The first-order valence-electron chi connectivity index (χ1n) is 5.96. The van der Waals surface area contributed by atoms with Crippen molar-refractivity contribution in [3.8, 4) is 11.5 Å². The number of carbonyl (C=O) groups excluding carboxylic acids is 1. The highest BCUT2D eigenvalue weighted by Crippen LogP contribution is 2.34. The molecular weight excluding hydrogens is 250 g/mol. The van der Waals surface area contributed by atoms with Crippen LogP contribution in [0.15, 0.2) is 12.1 Å². The Bertz CT molecular complexity index is 468. The highest BCUT2D eigenvalue weighted by molar-refractivity contribution is 5.96. The van der Waals surface area contributed by atoms with E-state index in [9.17, 15) is 4.79 Å². The number of methoxy groups -OCH3 is 2. The largest absolute Gasteiger partial charge is 0.493 e. The zero-order valence-electron chi connectivity index (χ0n) is 11.0. The zero-order chi connectivity index (χ0) is 13.8. The van der Waals surface area contributed by atoms with Gasteiger partial charge >= 0.3 is 5.97 Å². The van der Waals surface area contributed by atoms with Crippen LogP contribution in [0.5, 0.6) is 11.5 Å². The Kier molecular flexibility index (Phi) is 4.11. The number of anilines is 1. The standard InChI is InChI=1S/C13H17NO5/c1-16-11-6-10(14)9(13(15)17-2)5-12(11)19-8-3-4-18-7-8/h5-6,8H,3-4,7,14H2,1-2H3. The molecule has 0 aromatic heterocycles. The van der Waals surface area contributed by atoms with E-state index < -0.39 is 5.97 Å². The number of rotatable bonds is 4. The van der Waals surface area contributed by atoms with E-state index in [0.29, 0.717) is 30.4 Å². The van der Waals surface area contributed by atoms with E-state index in [1.807, 2.05) is 0 Å². The molecular formula is C13H17NO5. The van der Waals surface area contributed by atoms with Crippen LogP contribution in [0.4, 0.5) is 5.69 Å². The van der Waals surface area contributed by atoms with Gasteiger partial charge in [0.15, 0.2) is 11.5 Å². The summed E-state index contributed by atoms with van der Waals surface area (Å²) in [5.41, 5.74) is 6.34. The van der Waals surface area contributed by atoms with Gasteiger partial charge in [0.1, 0.15) is 6.10 Å². The maximum atomic E-state index is 11.6. The average Bonchev–Trinajstić information content (AvgIpc) is 2.92. The first-order chi connectivity index (χ1) is 9.15. The molecule has 0 aliphatic carbocycles. The predicted octanol–water partition coefficient (Wildman–Crippen LogP) is 1.23. The summed E-state index contributed by atoms with van der Waals surface area (Å²) in [5.74, 6) is 0.442. The Balaban J connectivity index is 2.30. The molecule has 0 radical (unpaired) electrons. The lowest BCUT2D eigenvalue weighted by atomic mass is 10.1. The molecule has 104 valence electrons. The van der Waals surface area contributed by atoms with Crippen molar-refractivity contribution in [3.05, 3.63) is 17.7 Å². The molecule has 6 heteroatoms. The van der Waals surface area contributed by atoms with Crippen molar-refractivity contribution in [2.24, 2.45) is 0 Å².